The number of hydrogen-bond acceptors (Lipinski definition) is 3. The summed E-state index contributed by atoms with van der Waals surface area (Å²) in [7, 11) is 4.42. The largest absolute Gasteiger partial charge is 0.478 e. The summed E-state index contributed by atoms with van der Waals surface area (Å²) in [6, 6.07) is 0. The summed E-state index contributed by atoms with van der Waals surface area (Å²) < 4.78 is 0. The number of carboxylic acid groups (broad SMARTS) is 1. The maximum absolute atomic E-state index is 11.6. The van der Waals surface area contributed by atoms with Gasteiger partial charge in [0.25, 0.3) is 0 Å². The standard InChI is InChI=1S/C41H68N2O2/c1-12-29(36(44)45)14-13-28(4)31-18-20-38(7)33(37(31,5)6)19-21-40(9)34(38)16-15-32-35-30(27(2)3)17-22-41(35,24-23-39(32,40)8)42-25-26-43(10)11/h12-14,27,30-35,42H,4,15-26H2,1-3,5-11H3,(H,44,45). The molecule has 254 valence electrons. The van der Waals surface area contributed by atoms with E-state index in [1.165, 1.54) is 57.8 Å². The lowest BCUT2D eigenvalue weighted by Gasteiger charge is -2.73. The molecule has 0 aromatic heterocycles. The number of carbonyl (C=O) groups is 1. The lowest BCUT2D eigenvalue weighted by atomic mass is 9.32. The summed E-state index contributed by atoms with van der Waals surface area (Å²) in [5.74, 6) is 4.17. The molecule has 4 nitrogen and oxygen atoms in total. The van der Waals surface area contributed by atoms with Crippen LogP contribution in [0.1, 0.15) is 120 Å². The third-order valence-electron chi connectivity index (χ3n) is 15.9. The monoisotopic (exact) mass is 621 g/mol. The van der Waals surface area contributed by atoms with Gasteiger partial charge in [0.05, 0.1) is 5.57 Å². The maximum Gasteiger partial charge on any atom is 0.335 e. The zero-order valence-corrected chi connectivity index (χ0v) is 30.8. The first-order chi connectivity index (χ1) is 21.0. The molecular weight excluding hydrogens is 552 g/mol. The minimum atomic E-state index is -0.866. The summed E-state index contributed by atoms with van der Waals surface area (Å²) in [4.78, 5) is 13.9. The summed E-state index contributed by atoms with van der Waals surface area (Å²) in [6.45, 7) is 26.9. The molecule has 45 heavy (non-hydrogen) atoms. The van der Waals surface area contributed by atoms with Gasteiger partial charge in [0.1, 0.15) is 0 Å². The van der Waals surface area contributed by atoms with Gasteiger partial charge in [0.15, 0.2) is 0 Å². The molecule has 0 amide bonds. The van der Waals surface area contributed by atoms with Crippen LogP contribution in [0.15, 0.2) is 36.0 Å². The molecule has 10 atom stereocenters. The number of likely N-dealkylation sites (N-methyl/N-ethyl adjacent to an activating group) is 1. The molecule has 5 aliphatic carbocycles. The van der Waals surface area contributed by atoms with Gasteiger partial charge in [-0.3, -0.25) is 0 Å². The molecule has 0 aliphatic heterocycles. The molecule has 0 heterocycles. The fourth-order valence-corrected chi connectivity index (χ4v) is 13.5. The Morgan fingerprint density at radius 2 is 1.62 bits per heavy atom. The highest BCUT2D eigenvalue weighted by Crippen LogP contribution is 2.77. The summed E-state index contributed by atoms with van der Waals surface area (Å²) in [5.41, 5.74) is 3.04. The molecule has 2 N–H and O–H groups in total. The van der Waals surface area contributed by atoms with Gasteiger partial charge in [-0.15, -0.1) is 0 Å². The molecule has 0 bridgehead atoms. The molecule has 5 rings (SSSR count). The minimum Gasteiger partial charge on any atom is -0.478 e. The van der Waals surface area contributed by atoms with E-state index in [1.807, 2.05) is 6.08 Å². The smallest absolute Gasteiger partial charge is 0.335 e. The molecule has 0 saturated heterocycles. The van der Waals surface area contributed by atoms with Crippen molar-refractivity contribution in [3.63, 3.8) is 0 Å². The molecule has 0 radical (unpaired) electrons. The van der Waals surface area contributed by atoms with Crippen molar-refractivity contribution < 1.29 is 9.90 Å². The Morgan fingerprint density at radius 3 is 2.24 bits per heavy atom. The highest BCUT2D eigenvalue weighted by atomic mass is 16.4. The number of nitrogens with one attached hydrogen (secondary N) is 1. The van der Waals surface area contributed by atoms with Gasteiger partial charge in [-0.05, 0) is 154 Å². The van der Waals surface area contributed by atoms with Crippen molar-refractivity contribution in [2.45, 2.75) is 125 Å². The summed E-state index contributed by atoms with van der Waals surface area (Å²) in [6.07, 6.45) is 18.8. The summed E-state index contributed by atoms with van der Waals surface area (Å²) >= 11 is 0. The van der Waals surface area contributed by atoms with Gasteiger partial charge >= 0.3 is 5.97 Å². The average Bonchev–Trinajstić information content (AvgIpc) is 3.33. The van der Waals surface area contributed by atoms with Crippen LogP contribution < -0.4 is 5.32 Å². The van der Waals surface area contributed by atoms with Crippen LogP contribution in [-0.2, 0) is 4.79 Å². The van der Waals surface area contributed by atoms with Gasteiger partial charge in [0.2, 0.25) is 0 Å². The third-order valence-corrected chi connectivity index (χ3v) is 15.9. The zero-order chi connectivity index (χ0) is 33.2. The normalized spacial score (nSPS) is 44.4. The summed E-state index contributed by atoms with van der Waals surface area (Å²) in [5, 5.41) is 13.8. The number of allylic oxidation sites excluding steroid dienone is 3. The van der Waals surface area contributed by atoms with E-state index < -0.39 is 5.97 Å². The quantitative estimate of drug-likeness (QED) is 0.199. The van der Waals surface area contributed by atoms with Gasteiger partial charge in [-0.1, -0.05) is 72.8 Å². The molecule has 0 spiro atoms. The topological polar surface area (TPSA) is 52.6 Å². The Bertz CT molecular complexity index is 1200. The fraction of sp³-hybridized carbons (Fsp3) is 0.829. The molecule has 5 aliphatic rings. The average molecular weight is 621 g/mol. The zero-order valence-electron chi connectivity index (χ0n) is 30.8. The van der Waals surface area contributed by atoms with E-state index in [-0.39, 0.29) is 5.41 Å². The molecular formula is C41H68N2O2. The van der Waals surface area contributed by atoms with Crippen LogP contribution in [0.2, 0.25) is 0 Å². The molecule has 5 saturated carbocycles. The van der Waals surface area contributed by atoms with Crippen molar-refractivity contribution in [2.24, 2.45) is 63.1 Å². The maximum atomic E-state index is 11.6. The van der Waals surface area contributed by atoms with Crippen molar-refractivity contribution in [1.29, 1.82) is 0 Å². The van der Waals surface area contributed by atoms with Crippen LogP contribution in [-0.4, -0.2) is 48.7 Å². The van der Waals surface area contributed by atoms with E-state index in [0.29, 0.717) is 39.2 Å². The Kier molecular flexibility index (Phi) is 9.51. The molecule has 0 aromatic carbocycles. The first-order valence-corrected chi connectivity index (χ1v) is 18.6. The second kappa shape index (κ2) is 12.2. The first kappa shape index (κ1) is 34.9. The number of nitrogens with zero attached hydrogens (tertiary/aromatic N) is 1. The van der Waals surface area contributed by atoms with Crippen LogP contribution in [0, 0.1) is 63.1 Å². The van der Waals surface area contributed by atoms with E-state index in [4.69, 9.17) is 0 Å². The van der Waals surface area contributed by atoms with Crippen LogP contribution >= 0.6 is 0 Å². The number of carboxylic acids is 1. The molecule has 4 heteroatoms. The SMILES string of the molecule is C=C(C=CC(=CC)C(=O)O)C1CCC2(C)C(CCC3(C)C2CCC2C4C(C(C)C)CCC4(NCCN(C)C)CCC23C)C1(C)C. The molecule has 5 fully saturated rings. The lowest BCUT2D eigenvalue weighted by Crippen LogP contribution is -2.68. The van der Waals surface area contributed by atoms with E-state index >= 15 is 0 Å². The highest BCUT2D eigenvalue weighted by molar-refractivity contribution is 5.89. The Labute approximate surface area is 277 Å². The fourth-order valence-electron chi connectivity index (χ4n) is 13.5. The van der Waals surface area contributed by atoms with Crippen molar-refractivity contribution in [1.82, 2.24) is 10.2 Å². The van der Waals surface area contributed by atoms with Gasteiger partial charge in [0, 0.05) is 18.6 Å². The van der Waals surface area contributed by atoms with E-state index in [2.05, 4.69) is 79.4 Å². The Morgan fingerprint density at radius 1 is 0.911 bits per heavy atom. The van der Waals surface area contributed by atoms with Crippen LogP contribution in [0.4, 0.5) is 0 Å². The molecule has 10 unspecified atom stereocenters. The number of fused-ring (bicyclic) bond motifs is 7. The first-order valence-electron chi connectivity index (χ1n) is 18.6. The number of aliphatic carboxylic acids is 1. The second-order valence-corrected chi connectivity index (χ2v) is 18.4. The van der Waals surface area contributed by atoms with Crippen molar-refractivity contribution in [2.75, 3.05) is 27.2 Å². The predicted octanol–water partition coefficient (Wildman–Crippen LogP) is 9.39. The lowest BCUT2D eigenvalue weighted by molar-refractivity contribution is -0.237. The minimum absolute atomic E-state index is 0.138. The van der Waals surface area contributed by atoms with Crippen LogP contribution in [0.5, 0.6) is 0 Å². The van der Waals surface area contributed by atoms with Crippen molar-refractivity contribution >= 4 is 5.97 Å². The van der Waals surface area contributed by atoms with Gasteiger partial charge in [-0.25, -0.2) is 4.79 Å². The second-order valence-electron chi connectivity index (χ2n) is 18.4. The third kappa shape index (κ3) is 5.44. The van der Waals surface area contributed by atoms with E-state index in [9.17, 15) is 9.90 Å². The predicted molar refractivity (Wildman–Crippen MR) is 189 cm³/mol. The Hall–Kier alpha value is -1.39. The van der Waals surface area contributed by atoms with Crippen molar-refractivity contribution in [3.8, 4) is 0 Å². The number of rotatable bonds is 9. The van der Waals surface area contributed by atoms with Gasteiger partial charge < -0.3 is 15.3 Å². The van der Waals surface area contributed by atoms with Crippen molar-refractivity contribution in [3.05, 3.63) is 36.0 Å². The molecule has 0 aromatic rings. The van der Waals surface area contributed by atoms with Gasteiger partial charge in [-0.2, -0.15) is 0 Å². The highest BCUT2D eigenvalue weighted by Gasteiger charge is 2.70. The van der Waals surface area contributed by atoms with E-state index in [0.717, 1.165) is 54.7 Å². The van der Waals surface area contributed by atoms with E-state index in [1.54, 1.807) is 19.1 Å². The van der Waals surface area contributed by atoms with Crippen LogP contribution in [0.25, 0.3) is 0 Å². The number of hydrogen-bond donors (Lipinski definition) is 2. The van der Waals surface area contributed by atoms with Crippen LogP contribution in [0.3, 0.4) is 0 Å². The Balaban J connectivity index is 1.42.